The molecule has 3 rings (SSSR count). The van der Waals surface area contributed by atoms with Gasteiger partial charge in [-0.1, -0.05) is 24.8 Å². The first-order valence-electron chi connectivity index (χ1n) is 8.30. The lowest BCUT2D eigenvalue weighted by molar-refractivity contribution is 0.0715. The Balaban J connectivity index is 1.66. The van der Waals surface area contributed by atoms with Crippen LogP contribution in [0.3, 0.4) is 0 Å². The van der Waals surface area contributed by atoms with Crippen molar-refractivity contribution in [1.29, 1.82) is 0 Å². The van der Waals surface area contributed by atoms with Gasteiger partial charge >= 0.3 is 0 Å². The minimum atomic E-state index is -0.879. The van der Waals surface area contributed by atoms with Crippen LogP contribution in [0.4, 0.5) is 14.5 Å². The molecule has 0 saturated carbocycles. The lowest BCUT2D eigenvalue weighted by Gasteiger charge is -2.33. The van der Waals surface area contributed by atoms with Gasteiger partial charge in [0.2, 0.25) is 0 Å². The number of rotatable bonds is 4. The second-order valence-corrected chi connectivity index (χ2v) is 6.19. The molecule has 1 saturated heterocycles. The summed E-state index contributed by atoms with van der Waals surface area (Å²) in [7, 11) is 0. The highest BCUT2D eigenvalue weighted by molar-refractivity contribution is 5.94. The van der Waals surface area contributed by atoms with Gasteiger partial charge in [0.1, 0.15) is 0 Å². The molecule has 0 bridgehead atoms. The second-order valence-electron chi connectivity index (χ2n) is 6.19. The van der Waals surface area contributed by atoms with Gasteiger partial charge in [0.05, 0.1) is 0 Å². The molecular formula is C20H20F2N2O. The van der Waals surface area contributed by atoms with E-state index in [9.17, 15) is 13.6 Å². The van der Waals surface area contributed by atoms with Crippen LogP contribution in [0.1, 0.15) is 28.8 Å². The zero-order valence-corrected chi connectivity index (χ0v) is 13.8. The molecule has 1 amide bonds. The predicted octanol–water partition coefficient (Wildman–Crippen LogP) is 4.32. The molecule has 1 aliphatic rings. The Morgan fingerprint density at radius 1 is 1.16 bits per heavy atom. The number of carbonyl (C=O) groups excluding carboxylic acids is 1. The van der Waals surface area contributed by atoms with Crippen molar-refractivity contribution >= 4 is 17.7 Å². The van der Waals surface area contributed by atoms with Crippen LogP contribution in [0.25, 0.3) is 6.08 Å². The monoisotopic (exact) mass is 342 g/mol. The van der Waals surface area contributed by atoms with Gasteiger partial charge in [0, 0.05) is 36.4 Å². The second kappa shape index (κ2) is 7.47. The van der Waals surface area contributed by atoms with E-state index in [-0.39, 0.29) is 11.9 Å². The largest absolute Gasteiger partial charge is 0.380 e. The van der Waals surface area contributed by atoms with Crippen LogP contribution in [0.2, 0.25) is 0 Å². The number of hydrogen-bond donors (Lipinski definition) is 1. The highest BCUT2D eigenvalue weighted by Crippen LogP contribution is 2.20. The maximum Gasteiger partial charge on any atom is 0.253 e. The van der Waals surface area contributed by atoms with Crippen molar-refractivity contribution in [2.45, 2.75) is 18.9 Å². The van der Waals surface area contributed by atoms with Gasteiger partial charge in [0.25, 0.3) is 5.91 Å². The molecule has 1 heterocycles. The van der Waals surface area contributed by atoms with Crippen LogP contribution in [0.15, 0.2) is 49.0 Å². The van der Waals surface area contributed by atoms with Gasteiger partial charge in [-0.25, -0.2) is 8.78 Å². The number of hydrogen-bond acceptors (Lipinski definition) is 2. The number of piperidine rings is 1. The Kier molecular flexibility index (Phi) is 5.12. The first-order valence-corrected chi connectivity index (χ1v) is 8.30. The van der Waals surface area contributed by atoms with Crippen LogP contribution < -0.4 is 5.32 Å². The van der Waals surface area contributed by atoms with Gasteiger partial charge in [-0.15, -0.1) is 0 Å². The fourth-order valence-corrected chi connectivity index (χ4v) is 3.05. The van der Waals surface area contributed by atoms with Crippen molar-refractivity contribution in [3.05, 3.63) is 71.8 Å². The first-order chi connectivity index (χ1) is 12.1. The van der Waals surface area contributed by atoms with Gasteiger partial charge in [0.15, 0.2) is 11.6 Å². The van der Waals surface area contributed by atoms with Crippen LogP contribution in [0.5, 0.6) is 0 Å². The molecule has 1 fully saturated rings. The predicted molar refractivity (Wildman–Crippen MR) is 95.4 cm³/mol. The molecule has 1 atom stereocenters. The van der Waals surface area contributed by atoms with Crippen molar-refractivity contribution in [2.75, 3.05) is 18.4 Å². The van der Waals surface area contributed by atoms with Crippen LogP contribution in [-0.4, -0.2) is 29.9 Å². The van der Waals surface area contributed by atoms with Crippen LogP contribution in [0, 0.1) is 11.6 Å². The van der Waals surface area contributed by atoms with E-state index in [1.54, 1.807) is 23.1 Å². The highest BCUT2D eigenvalue weighted by Gasteiger charge is 2.24. The summed E-state index contributed by atoms with van der Waals surface area (Å²) >= 11 is 0. The molecule has 3 nitrogen and oxygen atoms in total. The third-order valence-electron chi connectivity index (χ3n) is 4.39. The van der Waals surface area contributed by atoms with Crippen LogP contribution in [-0.2, 0) is 0 Å². The summed E-state index contributed by atoms with van der Waals surface area (Å²) in [5.41, 5.74) is 2.13. The number of likely N-dealkylation sites (tertiary alicyclic amines) is 1. The fourth-order valence-electron chi connectivity index (χ4n) is 3.05. The summed E-state index contributed by atoms with van der Waals surface area (Å²) in [6.45, 7) is 4.92. The van der Waals surface area contributed by atoms with E-state index in [1.807, 2.05) is 12.1 Å². The molecule has 2 aromatic rings. The Morgan fingerprint density at radius 2 is 1.92 bits per heavy atom. The summed E-state index contributed by atoms with van der Waals surface area (Å²) in [6.07, 6.45) is 3.47. The molecular weight excluding hydrogens is 322 g/mol. The molecule has 0 spiro atoms. The number of nitrogens with zero attached hydrogens (tertiary/aromatic N) is 1. The van der Waals surface area contributed by atoms with E-state index in [0.717, 1.165) is 30.5 Å². The molecule has 1 aliphatic heterocycles. The van der Waals surface area contributed by atoms with Gasteiger partial charge in [-0.2, -0.15) is 0 Å². The zero-order valence-electron chi connectivity index (χ0n) is 13.8. The van der Waals surface area contributed by atoms with Crippen molar-refractivity contribution in [1.82, 2.24) is 4.90 Å². The number of carbonyl (C=O) groups is 1. The topological polar surface area (TPSA) is 32.3 Å². The standard InChI is InChI=1S/C20H20F2N2O/c1-2-14-5-7-15(8-6-14)20(25)24-11-3-4-17(13-24)23-16-9-10-18(21)19(22)12-16/h2,5-10,12,17,23H,1,3-4,11,13H2/t17-/m0/s1. The van der Waals surface area contributed by atoms with Crippen molar-refractivity contribution in [3.8, 4) is 0 Å². The highest BCUT2D eigenvalue weighted by atomic mass is 19.2. The quantitative estimate of drug-likeness (QED) is 0.897. The van der Waals surface area contributed by atoms with Gasteiger partial charge in [-0.05, 0) is 42.7 Å². The molecule has 5 heteroatoms. The summed E-state index contributed by atoms with van der Waals surface area (Å²) in [6, 6.07) is 11.1. The lowest BCUT2D eigenvalue weighted by atomic mass is 10.0. The third-order valence-corrected chi connectivity index (χ3v) is 4.39. The lowest BCUT2D eigenvalue weighted by Crippen LogP contribution is -2.45. The fraction of sp³-hybridized carbons (Fsp3) is 0.250. The Hall–Kier alpha value is -2.69. The number of halogens is 2. The van der Waals surface area contributed by atoms with Crippen molar-refractivity contribution in [2.24, 2.45) is 0 Å². The summed E-state index contributed by atoms with van der Waals surface area (Å²) in [4.78, 5) is 14.5. The van der Waals surface area contributed by atoms with Crippen molar-refractivity contribution in [3.63, 3.8) is 0 Å². The van der Waals surface area contributed by atoms with Crippen molar-refractivity contribution < 1.29 is 13.6 Å². The molecule has 130 valence electrons. The van der Waals surface area contributed by atoms with Gasteiger partial charge in [-0.3, -0.25) is 4.79 Å². The molecule has 0 aliphatic carbocycles. The van der Waals surface area contributed by atoms with E-state index in [1.165, 1.54) is 6.07 Å². The molecule has 1 N–H and O–H groups in total. The first kappa shape index (κ1) is 17.1. The SMILES string of the molecule is C=Cc1ccc(C(=O)N2CCC[C@H](Nc3ccc(F)c(F)c3)C2)cc1. The minimum Gasteiger partial charge on any atom is -0.380 e. The summed E-state index contributed by atoms with van der Waals surface area (Å²) in [5.74, 6) is -1.77. The molecule has 25 heavy (non-hydrogen) atoms. The molecule has 2 aromatic carbocycles. The maximum absolute atomic E-state index is 13.3. The average molecular weight is 342 g/mol. The van der Waals surface area contributed by atoms with E-state index in [0.29, 0.717) is 24.3 Å². The molecule has 0 radical (unpaired) electrons. The van der Waals surface area contributed by atoms with Crippen LogP contribution >= 0.6 is 0 Å². The Labute approximate surface area is 146 Å². The zero-order chi connectivity index (χ0) is 17.8. The Morgan fingerprint density at radius 3 is 2.60 bits per heavy atom. The maximum atomic E-state index is 13.3. The van der Waals surface area contributed by atoms with E-state index < -0.39 is 11.6 Å². The van der Waals surface area contributed by atoms with E-state index in [4.69, 9.17) is 0 Å². The smallest absolute Gasteiger partial charge is 0.253 e. The van der Waals surface area contributed by atoms with E-state index >= 15 is 0 Å². The number of benzene rings is 2. The summed E-state index contributed by atoms with van der Waals surface area (Å²) in [5, 5.41) is 3.19. The number of amides is 1. The molecule has 0 unspecified atom stereocenters. The van der Waals surface area contributed by atoms with Gasteiger partial charge < -0.3 is 10.2 Å². The summed E-state index contributed by atoms with van der Waals surface area (Å²) < 4.78 is 26.4. The average Bonchev–Trinajstić information content (AvgIpc) is 2.64. The number of nitrogens with one attached hydrogen (secondary N) is 1. The minimum absolute atomic E-state index is 0.00927. The molecule has 0 aromatic heterocycles. The third kappa shape index (κ3) is 4.05. The Bertz CT molecular complexity index is 774. The van der Waals surface area contributed by atoms with E-state index in [2.05, 4.69) is 11.9 Å². The number of anilines is 1. The normalized spacial score (nSPS) is 17.2.